The predicted octanol–water partition coefficient (Wildman–Crippen LogP) is 1.60. The number of aryl methyl sites for hydroxylation is 2. The molecule has 116 valence electrons. The Morgan fingerprint density at radius 3 is 2.50 bits per heavy atom. The maximum atomic E-state index is 12.8. The summed E-state index contributed by atoms with van der Waals surface area (Å²) >= 11 is 0. The van der Waals surface area contributed by atoms with E-state index < -0.39 is 0 Å². The number of hydrogen-bond donors (Lipinski definition) is 1. The molecule has 1 aromatic carbocycles. The van der Waals surface area contributed by atoms with Crippen LogP contribution < -0.4 is 5.73 Å². The molecular weight excluding hydrogens is 276 g/mol. The van der Waals surface area contributed by atoms with Crippen LogP contribution >= 0.6 is 0 Å². The molecule has 1 aliphatic rings. The molecule has 5 nitrogen and oxygen atoms in total. The molecule has 5 heteroatoms. The summed E-state index contributed by atoms with van der Waals surface area (Å²) in [5.74, 6) is 0.236. The summed E-state index contributed by atoms with van der Waals surface area (Å²) in [6, 6.07) is 10.2. The molecule has 1 aromatic heterocycles. The number of amides is 1. The van der Waals surface area contributed by atoms with Crippen molar-refractivity contribution in [1.29, 1.82) is 0 Å². The van der Waals surface area contributed by atoms with Crippen LogP contribution in [0.4, 0.5) is 0 Å². The Morgan fingerprint density at radius 1 is 1.23 bits per heavy atom. The average Bonchev–Trinajstić information content (AvgIpc) is 3.00. The van der Waals surface area contributed by atoms with Crippen molar-refractivity contribution in [3.05, 3.63) is 52.8 Å². The topological polar surface area (TPSA) is 64.2 Å². The first-order valence-corrected chi connectivity index (χ1v) is 7.59. The van der Waals surface area contributed by atoms with Gasteiger partial charge in [0, 0.05) is 37.8 Å². The van der Waals surface area contributed by atoms with Crippen molar-refractivity contribution in [3.8, 4) is 0 Å². The van der Waals surface area contributed by atoms with E-state index in [9.17, 15) is 4.79 Å². The van der Waals surface area contributed by atoms with Crippen LogP contribution in [0.3, 0.4) is 0 Å². The van der Waals surface area contributed by atoms with Gasteiger partial charge in [0.2, 0.25) is 0 Å². The van der Waals surface area contributed by atoms with Gasteiger partial charge in [-0.05, 0) is 19.4 Å². The van der Waals surface area contributed by atoms with Gasteiger partial charge in [0.05, 0.1) is 11.3 Å². The van der Waals surface area contributed by atoms with Crippen LogP contribution in [0.2, 0.25) is 0 Å². The van der Waals surface area contributed by atoms with Crippen LogP contribution in [0.15, 0.2) is 30.3 Å². The van der Waals surface area contributed by atoms with E-state index in [2.05, 4.69) is 17.2 Å². The minimum absolute atomic E-state index is 0.0244. The van der Waals surface area contributed by atoms with Gasteiger partial charge in [0.15, 0.2) is 0 Å². The summed E-state index contributed by atoms with van der Waals surface area (Å²) in [5.41, 5.74) is 9.88. The molecule has 0 radical (unpaired) electrons. The first kappa shape index (κ1) is 14.8. The standard InChI is InChI=1S/C17H22N4O/c1-11-16(12(2)20(3)19-11)17(22)21-9-14(15(18)10-21)13-7-5-4-6-8-13/h4-8,14-15H,9-10,18H2,1-3H3/t14-,15+/m0/s1. The number of benzene rings is 1. The highest BCUT2D eigenvalue weighted by Gasteiger charge is 2.35. The van der Waals surface area contributed by atoms with Gasteiger partial charge in [-0.15, -0.1) is 0 Å². The van der Waals surface area contributed by atoms with Gasteiger partial charge in [-0.1, -0.05) is 30.3 Å². The van der Waals surface area contributed by atoms with E-state index >= 15 is 0 Å². The molecule has 3 rings (SSSR count). The Hall–Kier alpha value is -2.14. The monoisotopic (exact) mass is 298 g/mol. The number of hydrogen-bond acceptors (Lipinski definition) is 3. The van der Waals surface area contributed by atoms with Gasteiger partial charge in [-0.3, -0.25) is 9.48 Å². The molecule has 0 saturated carbocycles. The lowest BCUT2D eigenvalue weighted by Crippen LogP contribution is -2.32. The summed E-state index contributed by atoms with van der Waals surface area (Å²) in [4.78, 5) is 14.7. The first-order chi connectivity index (χ1) is 10.5. The summed E-state index contributed by atoms with van der Waals surface area (Å²) < 4.78 is 1.76. The highest BCUT2D eigenvalue weighted by Crippen LogP contribution is 2.28. The number of nitrogens with two attached hydrogens (primary N) is 1. The SMILES string of the molecule is Cc1nn(C)c(C)c1C(=O)N1C[C@@H](N)[C@H](c2ccccc2)C1. The van der Waals surface area contributed by atoms with Gasteiger partial charge >= 0.3 is 0 Å². The van der Waals surface area contributed by atoms with Crippen LogP contribution in [-0.4, -0.2) is 39.7 Å². The second kappa shape index (κ2) is 5.57. The number of carbonyl (C=O) groups is 1. The zero-order valence-electron chi connectivity index (χ0n) is 13.3. The summed E-state index contributed by atoms with van der Waals surface area (Å²) in [7, 11) is 1.86. The number of nitrogens with zero attached hydrogens (tertiary/aromatic N) is 3. The van der Waals surface area contributed by atoms with Crippen LogP contribution in [0.5, 0.6) is 0 Å². The fourth-order valence-electron chi connectivity index (χ4n) is 3.29. The molecule has 1 amide bonds. The van der Waals surface area contributed by atoms with E-state index in [0.717, 1.165) is 11.4 Å². The molecule has 1 saturated heterocycles. The fourth-order valence-corrected chi connectivity index (χ4v) is 3.29. The Kier molecular flexibility index (Phi) is 3.74. The molecule has 2 aromatic rings. The number of aromatic nitrogens is 2. The minimum Gasteiger partial charge on any atom is -0.336 e. The predicted molar refractivity (Wildman–Crippen MR) is 85.7 cm³/mol. The highest BCUT2D eigenvalue weighted by molar-refractivity contribution is 5.96. The molecule has 2 N–H and O–H groups in total. The molecular formula is C17H22N4O. The van der Waals surface area contributed by atoms with Crippen molar-refractivity contribution < 1.29 is 4.79 Å². The van der Waals surface area contributed by atoms with E-state index in [1.165, 1.54) is 5.56 Å². The van der Waals surface area contributed by atoms with E-state index in [4.69, 9.17) is 5.73 Å². The highest BCUT2D eigenvalue weighted by atomic mass is 16.2. The lowest BCUT2D eigenvalue weighted by atomic mass is 9.95. The van der Waals surface area contributed by atoms with Crippen LogP contribution in [-0.2, 0) is 7.05 Å². The van der Waals surface area contributed by atoms with Crippen LogP contribution in [0.25, 0.3) is 0 Å². The molecule has 0 unspecified atom stereocenters. The van der Waals surface area contributed by atoms with E-state index in [0.29, 0.717) is 18.7 Å². The van der Waals surface area contributed by atoms with Gasteiger partial charge in [-0.25, -0.2) is 0 Å². The van der Waals surface area contributed by atoms with Crippen molar-refractivity contribution >= 4 is 5.91 Å². The Balaban J connectivity index is 1.84. The van der Waals surface area contributed by atoms with E-state index in [1.807, 2.05) is 44.0 Å². The Bertz CT molecular complexity index is 692. The second-order valence-corrected chi connectivity index (χ2v) is 6.06. The van der Waals surface area contributed by atoms with Crippen molar-refractivity contribution in [2.24, 2.45) is 12.8 Å². The van der Waals surface area contributed by atoms with Crippen LogP contribution in [0, 0.1) is 13.8 Å². The van der Waals surface area contributed by atoms with Gasteiger partial charge < -0.3 is 10.6 Å². The number of likely N-dealkylation sites (tertiary alicyclic amines) is 1. The molecule has 0 spiro atoms. The molecule has 22 heavy (non-hydrogen) atoms. The quantitative estimate of drug-likeness (QED) is 0.916. The lowest BCUT2D eigenvalue weighted by molar-refractivity contribution is 0.0787. The Labute approximate surface area is 130 Å². The smallest absolute Gasteiger partial charge is 0.257 e. The van der Waals surface area contributed by atoms with Gasteiger partial charge in [0.1, 0.15) is 0 Å². The van der Waals surface area contributed by atoms with Gasteiger partial charge in [0.25, 0.3) is 5.91 Å². The average molecular weight is 298 g/mol. The summed E-state index contributed by atoms with van der Waals surface area (Å²) in [6.45, 7) is 5.06. The molecule has 1 aliphatic heterocycles. The third-order valence-corrected chi connectivity index (χ3v) is 4.60. The van der Waals surface area contributed by atoms with Crippen molar-refractivity contribution in [3.63, 3.8) is 0 Å². The van der Waals surface area contributed by atoms with Crippen LogP contribution in [0.1, 0.15) is 33.2 Å². The normalized spacial score (nSPS) is 21.4. The van der Waals surface area contributed by atoms with Crippen molar-refractivity contribution in [2.75, 3.05) is 13.1 Å². The van der Waals surface area contributed by atoms with Crippen molar-refractivity contribution in [1.82, 2.24) is 14.7 Å². The molecule has 0 aliphatic carbocycles. The molecule has 1 fully saturated rings. The maximum absolute atomic E-state index is 12.8. The van der Waals surface area contributed by atoms with Gasteiger partial charge in [-0.2, -0.15) is 5.10 Å². The largest absolute Gasteiger partial charge is 0.336 e. The van der Waals surface area contributed by atoms with E-state index in [1.54, 1.807) is 4.68 Å². The third-order valence-electron chi connectivity index (χ3n) is 4.60. The zero-order valence-corrected chi connectivity index (χ0v) is 13.3. The molecule has 2 atom stereocenters. The number of rotatable bonds is 2. The second-order valence-electron chi connectivity index (χ2n) is 6.06. The third kappa shape index (κ3) is 2.41. The van der Waals surface area contributed by atoms with E-state index in [-0.39, 0.29) is 17.9 Å². The lowest BCUT2D eigenvalue weighted by Gasteiger charge is -2.16. The zero-order chi connectivity index (χ0) is 15.9. The number of carbonyl (C=O) groups excluding carboxylic acids is 1. The molecule has 2 heterocycles. The fraction of sp³-hybridized carbons (Fsp3) is 0.412. The van der Waals surface area contributed by atoms with Crippen molar-refractivity contribution in [2.45, 2.75) is 25.8 Å². The minimum atomic E-state index is -0.0244. The first-order valence-electron chi connectivity index (χ1n) is 7.59. The Morgan fingerprint density at radius 2 is 1.91 bits per heavy atom. The summed E-state index contributed by atoms with van der Waals surface area (Å²) in [5, 5.41) is 4.34. The summed E-state index contributed by atoms with van der Waals surface area (Å²) in [6.07, 6.45) is 0. The molecule has 0 bridgehead atoms. The maximum Gasteiger partial charge on any atom is 0.257 e.